The summed E-state index contributed by atoms with van der Waals surface area (Å²) in [5.41, 5.74) is 0. The van der Waals surface area contributed by atoms with Gasteiger partial charge in [0.2, 0.25) is 0 Å². The van der Waals surface area contributed by atoms with Crippen LogP contribution < -0.4 is 10.6 Å². The lowest BCUT2D eigenvalue weighted by molar-refractivity contribution is 0.468. The molecule has 2 atom stereocenters. The molecule has 0 aromatic heterocycles. The molecule has 2 saturated heterocycles. The minimum atomic E-state index is 0.726. The second-order valence-corrected chi connectivity index (χ2v) is 5.42. The van der Waals surface area contributed by atoms with E-state index in [1.807, 2.05) is 0 Å². The van der Waals surface area contributed by atoms with Gasteiger partial charge >= 0.3 is 0 Å². The Labute approximate surface area is 85.2 Å². The lowest BCUT2D eigenvalue weighted by atomic mass is 10.2. The zero-order valence-corrected chi connectivity index (χ0v) is 9.04. The van der Waals surface area contributed by atoms with Crippen molar-refractivity contribution in [1.82, 2.24) is 10.6 Å². The van der Waals surface area contributed by atoms with Gasteiger partial charge in [0.25, 0.3) is 0 Å². The molecule has 0 aromatic rings. The number of rotatable bonds is 2. The standard InChI is InChI=1S/C10H20N2S/c1-3-7-11-9(5-1)13-10-6-2-4-8-12-10/h9-12H,1-8H2. The fourth-order valence-corrected chi connectivity index (χ4v) is 3.50. The van der Waals surface area contributed by atoms with Crippen LogP contribution in [-0.2, 0) is 0 Å². The zero-order chi connectivity index (χ0) is 8.93. The van der Waals surface area contributed by atoms with Crippen molar-refractivity contribution in [1.29, 1.82) is 0 Å². The first kappa shape index (κ1) is 9.81. The molecule has 3 heteroatoms. The predicted octanol–water partition coefficient (Wildman–Crippen LogP) is 1.92. The Kier molecular flexibility index (Phi) is 3.94. The summed E-state index contributed by atoms with van der Waals surface area (Å²) >= 11 is 2.12. The molecule has 0 aromatic carbocycles. The van der Waals surface area contributed by atoms with Gasteiger partial charge in [-0.1, -0.05) is 0 Å². The summed E-state index contributed by atoms with van der Waals surface area (Å²) in [6, 6.07) is 0. The van der Waals surface area contributed by atoms with Crippen LogP contribution in [0.4, 0.5) is 0 Å². The van der Waals surface area contributed by atoms with Crippen LogP contribution in [0.25, 0.3) is 0 Å². The monoisotopic (exact) mass is 200 g/mol. The largest absolute Gasteiger partial charge is 0.305 e. The molecule has 0 amide bonds. The van der Waals surface area contributed by atoms with Crippen molar-refractivity contribution in [2.75, 3.05) is 13.1 Å². The first-order chi connectivity index (χ1) is 6.45. The molecule has 0 bridgehead atoms. The lowest BCUT2D eigenvalue weighted by Gasteiger charge is -2.30. The fraction of sp³-hybridized carbons (Fsp3) is 1.00. The second kappa shape index (κ2) is 5.23. The third-order valence-corrected chi connectivity index (χ3v) is 4.32. The molecule has 0 aliphatic carbocycles. The topological polar surface area (TPSA) is 24.1 Å². The maximum absolute atomic E-state index is 3.59. The summed E-state index contributed by atoms with van der Waals surface area (Å²) in [4.78, 5) is 0. The Morgan fingerprint density at radius 2 is 1.31 bits per heavy atom. The number of thioether (sulfide) groups is 1. The minimum absolute atomic E-state index is 0.726. The van der Waals surface area contributed by atoms with Crippen LogP contribution in [-0.4, -0.2) is 23.8 Å². The molecule has 2 N–H and O–H groups in total. The van der Waals surface area contributed by atoms with Gasteiger partial charge in [-0.3, -0.25) is 0 Å². The van der Waals surface area contributed by atoms with E-state index < -0.39 is 0 Å². The van der Waals surface area contributed by atoms with Crippen molar-refractivity contribution in [2.45, 2.75) is 49.3 Å². The van der Waals surface area contributed by atoms with Crippen LogP contribution in [0, 0.1) is 0 Å². The van der Waals surface area contributed by atoms with E-state index in [-0.39, 0.29) is 0 Å². The first-order valence-electron chi connectivity index (χ1n) is 5.57. The molecule has 2 nitrogen and oxygen atoms in total. The molecule has 0 saturated carbocycles. The van der Waals surface area contributed by atoms with E-state index in [2.05, 4.69) is 22.4 Å². The van der Waals surface area contributed by atoms with Crippen molar-refractivity contribution in [3.05, 3.63) is 0 Å². The highest BCUT2D eigenvalue weighted by Crippen LogP contribution is 2.26. The summed E-state index contributed by atoms with van der Waals surface area (Å²) in [5.74, 6) is 0. The highest BCUT2D eigenvalue weighted by molar-refractivity contribution is 8.00. The van der Waals surface area contributed by atoms with E-state index in [1.165, 1.54) is 51.6 Å². The molecular formula is C10H20N2S. The quantitative estimate of drug-likeness (QED) is 0.712. The molecule has 13 heavy (non-hydrogen) atoms. The average molecular weight is 200 g/mol. The van der Waals surface area contributed by atoms with E-state index in [4.69, 9.17) is 0 Å². The van der Waals surface area contributed by atoms with Gasteiger partial charge in [0, 0.05) is 0 Å². The predicted molar refractivity (Wildman–Crippen MR) is 58.9 cm³/mol. The van der Waals surface area contributed by atoms with Gasteiger partial charge in [0.15, 0.2) is 0 Å². The zero-order valence-electron chi connectivity index (χ0n) is 8.22. The molecule has 2 aliphatic rings. The smallest absolute Gasteiger partial charge is 0.0547 e. The second-order valence-electron chi connectivity index (χ2n) is 4.01. The molecular weight excluding hydrogens is 180 g/mol. The molecule has 2 unspecified atom stereocenters. The Morgan fingerprint density at radius 3 is 1.69 bits per heavy atom. The number of piperidine rings is 2. The maximum atomic E-state index is 3.59. The Balaban J connectivity index is 1.69. The van der Waals surface area contributed by atoms with Crippen LogP contribution in [0.15, 0.2) is 0 Å². The summed E-state index contributed by atoms with van der Waals surface area (Å²) in [6.07, 6.45) is 8.30. The summed E-state index contributed by atoms with van der Waals surface area (Å²) < 4.78 is 0. The van der Waals surface area contributed by atoms with Gasteiger partial charge in [-0.15, -0.1) is 11.8 Å². The number of hydrogen-bond donors (Lipinski definition) is 2. The highest BCUT2D eigenvalue weighted by Gasteiger charge is 2.19. The van der Waals surface area contributed by atoms with Gasteiger partial charge in [0.05, 0.1) is 10.7 Å². The van der Waals surface area contributed by atoms with E-state index in [0.717, 1.165) is 10.7 Å². The molecule has 76 valence electrons. The Hall–Kier alpha value is 0.270. The van der Waals surface area contributed by atoms with E-state index >= 15 is 0 Å². The molecule has 2 aliphatic heterocycles. The highest BCUT2D eigenvalue weighted by atomic mass is 32.2. The van der Waals surface area contributed by atoms with Crippen molar-refractivity contribution < 1.29 is 0 Å². The van der Waals surface area contributed by atoms with Crippen molar-refractivity contribution in [3.8, 4) is 0 Å². The van der Waals surface area contributed by atoms with Crippen LogP contribution >= 0.6 is 11.8 Å². The van der Waals surface area contributed by atoms with Crippen molar-refractivity contribution in [2.24, 2.45) is 0 Å². The van der Waals surface area contributed by atoms with Gasteiger partial charge in [-0.05, 0) is 51.6 Å². The van der Waals surface area contributed by atoms with E-state index in [1.54, 1.807) is 0 Å². The van der Waals surface area contributed by atoms with Crippen LogP contribution in [0.5, 0.6) is 0 Å². The summed E-state index contributed by atoms with van der Waals surface area (Å²) in [5, 5.41) is 8.63. The Morgan fingerprint density at radius 1 is 0.769 bits per heavy atom. The number of nitrogens with one attached hydrogen (secondary N) is 2. The maximum Gasteiger partial charge on any atom is 0.0547 e. The molecule has 2 rings (SSSR count). The van der Waals surface area contributed by atoms with Crippen LogP contribution in [0.3, 0.4) is 0 Å². The summed E-state index contributed by atoms with van der Waals surface area (Å²) in [6.45, 7) is 2.45. The lowest BCUT2D eigenvalue weighted by Crippen LogP contribution is -2.38. The van der Waals surface area contributed by atoms with Crippen molar-refractivity contribution in [3.63, 3.8) is 0 Å². The van der Waals surface area contributed by atoms with Gasteiger partial charge in [0.1, 0.15) is 0 Å². The van der Waals surface area contributed by atoms with Gasteiger partial charge in [-0.25, -0.2) is 0 Å². The third kappa shape index (κ3) is 3.15. The fourth-order valence-electron chi connectivity index (χ4n) is 2.07. The van der Waals surface area contributed by atoms with E-state index in [0.29, 0.717) is 0 Å². The van der Waals surface area contributed by atoms with Gasteiger partial charge in [-0.2, -0.15) is 0 Å². The summed E-state index contributed by atoms with van der Waals surface area (Å²) in [7, 11) is 0. The number of hydrogen-bond acceptors (Lipinski definition) is 3. The molecule has 2 fully saturated rings. The molecule has 0 radical (unpaired) electrons. The average Bonchev–Trinajstić information content (AvgIpc) is 2.21. The molecule has 0 spiro atoms. The normalized spacial score (nSPS) is 36.0. The third-order valence-electron chi connectivity index (χ3n) is 2.86. The SMILES string of the molecule is C1CCC(SC2CCCCN2)NC1. The molecule has 2 heterocycles. The van der Waals surface area contributed by atoms with Crippen molar-refractivity contribution >= 4 is 11.8 Å². The van der Waals surface area contributed by atoms with Crippen LogP contribution in [0.1, 0.15) is 38.5 Å². The van der Waals surface area contributed by atoms with Gasteiger partial charge < -0.3 is 10.6 Å². The van der Waals surface area contributed by atoms with Crippen LogP contribution in [0.2, 0.25) is 0 Å². The minimum Gasteiger partial charge on any atom is -0.305 e. The Bertz CT molecular complexity index is 124. The first-order valence-corrected chi connectivity index (χ1v) is 6.52. The van der Waals surface area contributed by atoms with E-state index in [9.17, 15) is 0 Å².